The third-order valence-corrected chi connectivity index (χ3v) is 12.2. The molecule has 1 atom stereocenters. The number of benzene rings is 3. The molecule has 0 N–H and O–H groups in total. The van der Waals surface area contributed by atoms with Crippen LogP contribution in [0.2, 0.25) is 0 Å². The number of hydrogen-bond acceptors (Lipinski definition) is 2. The molecule has 3 heteroatoms. The van der Waals surface area contributed by atoms with Gasteiger partial charge in [0.15, 0.2) is 0 Å². The summed E-state index contributed by atoms with van der Waals surface area (Å²) in [4.78, 5) is 0. The topological polar surface area (TPSA) is 26.3 Å². The number of fused-ring (bicyclic) bond motifs is 2. The normalized spacial score (nSPS) is 21.1. The van der Waals surface area contributed by atoms with E-state index >= 15 is 0 Å². The van der Waals surface area contributed by atoms with Gasteiger partial charge in [0.05, 0.1) is 0 Å². The maximum absolute atomic E-state index is 14.5. The first-order valence-electron chi connectivity index (χ1n) is 7.94. The van der Waals surface area contributed by atoms with Gasteiger partial charge >= 0.3 is 147 Å². The van der Waals surface area contributed by atoms with Gasteiger partial charge in [-0.2, -0.15) is 0 Å². The minimum atomic E-state index is -3.86. The first-order chi connectivity index (χ1) is 11.5. The molecule has 0 amide bonds. The summed E-state index contributed by atoms with van der Waals surface area (Å²) in [6.45, 7) is 6.23. The van der Waals surface area contributed by atoms with Gasteiger partial charge in [-0.1, -0.05) is 0 Å². The number of aryl methyl sites for hydroxylation is 1. The Morgan fingerprint density at radius 3 is 2.21 bits per heavy atom. The van der Waals surface area contributed by atoms with Crippen LogP contribution in [-0.4, -0.2) is 0 Å². The van der Waals surface area contributed by atoms with Gasteiger partial charge in [-0.3, -0.25) is 0 Å². The molecular weight excluding hydrogens is 411 g/mol. The standard InChI is InChI=1S/C21H19IO2/c1-14-13-19-21(16(3)15(14)2)24-20-12-8-7-11-18(20)22(19,23)17-9-5-4-6-10-17/h4-13H,1-3H3. The van der Waals surface area contributed by atoms with E-state index < -0.39 is 18.4 Å². The molecule has 1 aliphatic heterocycles. The first-order valence-corrected chi connectivity index (χ1v) is 12.1. The molecule has 0 aliphatic carbocycles. The zero-order chi connectivity index (χ0) is 16.9. The van der Waals surface area contributed by atoms with E-state index in [1.165, 1.54) is 5.56 Å². The van der Waals surface area contributed by atoms with Crippen molar-refractivity contribution in [1.82, 2.24) is 0 Å². The van der Waals surface area contributed by atoms with Crippen LogP contribution in [0.3, 0.4) is 0 Å². The van der Waals surface area contributed by atoms with Gasteiger partial charge in [-0.25, -0.2) is 0 Å². The Hall–Kier alpha value is -2.01. The van der Waals surface area contributed by atoms with Crippen molar-refractivity contribution in [3.05, 3.63) is 88.1 Å². The maximum atomic E-state index is 14.5. The van der Waals surface area contributed by atoms with Crippen LogP contribution in [0, 0.1) is 31.5 Å². The van der Waals surface area contributed by atoms with Crippen LogP contribution in [0.4, 0.5) is 0 Å². The van der Waals surface area contributed by atoms with Crippen molar-refractivity contribution in [2.45, 2.75) is 20.8 Å². The molecule has 1 aliphatic rings. The average Bonchev–Trinajstić information content (AvgIpc) is 2.62. The van der Waals surface area contributed by atoms with E-state index in [-0.39, 0.29) is 0 Å². The number of para-hydroxylation sites is 1. The number of halogens is 1. The summed E-state index contributed by atoms with van der Waals surface area (Å²) in [6.07, 6.45) is 0. The van der Waals surface area contributed by atoms with Crippen LogP contribution in [-0.2, 0) is 3.07 Å². The zero-order valence-electron chi connectivity index (χ0n) is 14.0. The molecule has 0 saturated carbocycles. The quantitative estimate of drug-likeness (QED) is 0.346. The molecule has 122 valence electrons. The van der Waals surface area contributed by atoms with E-state index in [1.807, 2.05) is 54.6 Å². The first kappa shape index (κ1) is 15.5. The van der Waals surface area contributed by atoms with Gasteiger partial charge < -0.3 is 0 Å². The molecule has 3 aromatic rings. The van der Waals surface area contributed by atoms with Crippen LogP contribution < -0.4 is 4.74 Å². The summed E-state index contributed by atoms with van der Waals surface area (Å²) in [7, 11) is 0. The van der Waals surface area contributed by atoms with E-state index in [0.717, 1.165) is 33.3 Å². The van der Waals surface area contributed by atoms with E-state index in [9.17, 15) is 3.07 Å². The van der Waals surface area contributed by atoms with Gasteiger partial charge in [0.1, 0.15) is 0 Å². The molecule has 0 spiro atoms. The van der Waals surface area contributed by atoms with Crippen molar-refractivity contribution in [1.29, 1.82) is 0 Å². The Labute approximate surface area is 146 Å². The van der Waals surface area contributed by atoms with Crippen LogP contribution in [0.5, 0.6) is 11.5 Å². The van der Waals surface area contributed by atoms with Gasteiger partial charge in [-0.15, -0.1) is 0 Å². The van der Waals surface area contributed by atoms with Crippen LogP contribution in [0.25, 0.3) is 0 Å². The summed E-state index contributed by atoms with van der Waals surface area (Å²) in [5.41, 5.74) is 3.44. The zero-order valence-corrected chi connectivity index (χ0v) is 16.1. The molecule has 24 heavy (non-hydrogen) atoms. The summed E-state index contributed by atoms with van der Waals surface area (Å²) in [5, 5.41) is 0. The molecule has 0 radical (unpaired) electrons. The Morgan fingerprint density at radius 1 is 0.792 bits per heavy atom. The van der Waals surface area contributed by atoms with Crippen molar-refractivity contribution in [2.24, 2.45) is 0 Å². The summed E-state index contributed by atoms with van der Waals surface area (Å²) in [5.74, 6) is 1.51. The van der Waals surface area contributed by atoms with Crippen molar-refractivity contribution in [3.8, 4) is 11.5 Å². The van der Waals surface area contributed by atoms with E-state index in [2.05, 4.69) is 26.8 Å². The molecule has 1 heterocycles. The van der Waals surface area contributed by atoms with Crippen molar-refractivity contribution < 1.29 is 7.81 Å². The van der Waals surface area contributed by atoms with Gasteiger partial charge in [0.25, 0.3) is 0 Å². The molecule has 4 rings (SSSR count). The second-order valence-corrected chi connectivity index (χ2v) is 12.6. The van der Waals surface area contributed by atoms with Crippen LogP contribution in [0.1, 0.15) is 16.7 Å². The number of rotatable bonds is 1. The minimum absolute atomic E-state index is 0.728. The molecule has 0 fully saturated rings. The molecule has 0 aromatic heterocycles. The average molecular weight is 430 g/mol. The van der Waals surface area contributed by atoms with Crippen molar-refractivity contribution in [2.75, 3.05) is 0 Å². The molecular formula is C21H19IO2. The molecule has 0 bridgehead atoms. The third-order valence-electron chi connectivity index (χ3n) is 4.72. The van der Waals surface area contributed by atoms with Crippen LogP contribution in [0.15, 0.2) is 60.7 Å². The fourth-order valence-electron chi connectivity index (χ4n) is 3.13. The molecule has 0 saturated heterocycles. The SMILES string of the molecule is Cc1cc2c(c(C)c1C)Oc1ccccc1I2(=O)c1ccccc1. The summed E-state index contributed by atoms with van der Waals surface area (Å²) in [6, 6.07) is 19.7. The predicted molar refractivity (Wildman–Crippen MR) is 104 cm³/mol. The fourth-order valence-corrected chi connectivity index (χ4v) is 10.4. The summed E-state index contributed by atoms with van der Waals surface area (Å²) < 4.78 is 23.3. The predicted octanol–water partition coefficient (Wildman–Crippen LogP) is 6.01. The number of ether oxygens (including phenoxy) is 1. The molecule has 1 unspecified atom stereocenters. The van der Waals surface area contributed by atoms with E-state index in [1.54, 1.807) is 0 Å². The Kier molecular flexibility index (Phi) is 3.57. The fraction of sp³-hybridized carbons (Fsp3) is 0.143. The second kappa shape index (κ2) is 5.52. The summed E-state index contributed by atoms with van der Waals surface area (Å²) >= 11 is -3.86. The van der Waals surface area contributed by atoms with Crippen molar-refractivity contribution >= 4 is 18.4 Å². The second-order valence-electron chi connectivity index (χ2n) is 6.10. The monoisotopic (exact) mass is 430 g/mol. The van der Waals surface area contributed by atoms with E-state index in [4.69, 9.17) is 4.74 Å². The van der Waals surface area contributed by atoms with Gasteiger partial charge in [-0.05, 0) is 0 Å². The Balaban J connectivity index is 2.13. The van der Waals surface area contributed by atoms with Crippen molar-refractivity contribution in [3.63, 3.8) is 0 Å². The van der Waals surface area contributed by atoms with Gasteiger partial charge in [0.2, 0.25) is 0 Å². The Bertz CT molecular complexity index is 990. The van der Waals surface area contributed by atoms with Crippen LogP contribution >= 0.6 is 18.4 Å². The Morgan fingerprint density at radius 2 is 1.46 bits per heavy atom. The molecule has 3 aromatic carbocycles. The molecule has 2 nitrogen and oxygen atoms in total. The van der Waals surface area contributed by atoms with Gasteiger partial charge in [0, 0.05) is 0 Å². The third kappa shape index (κ3) is 2.07. The van der Waals surface area contributed by atoms with E-state index in [0.29, 0.717) is 0 Å². The number of hydrogen-bond donors (Lipinski definition) is 0.